The minimum Gasteiger partial charge on any atom is -0.444 e. The number of aromatic nitrogens is 4. The van der Waals surface area contributed by atoms with E-state index < -0.39 is 5.60 Å². The molecule has 1 aromatic carbocycles. The van der Waals surface area contributed by atoms with Gasteiger partial charge in [0.15, 0.2) is 4.96 Å². The van der Waals surface area contributed by atoms with E-state index in [1.165, 1.54) is 16.0 Å². The Hall–Kier alpha value is -2.87. The summed E-state index contributed by atoms with van der Waals surface area (Å²) in [6, 6.07) is 4.41. The quantitative estimate of drug-likeness (QED) is 0.377. The molecule has 0 N–H and O–H groups in total. The van der Waals surface area contributed by atoms with Crippen molar-refractivity contribution in [2.24, 2.45) is 7.05 Å². The van der Waals surface area contributed by atoms with E-state index in [1.54, 1.807) is 11.3 Å². The summed E-state index contributed by atoms with van der Waals surface area (Å²) in [6.07, 6.45) is 9.11. The van der Waals surface area contributed by atoms with Crippen LogP contribution in [-0.2, 0) is 11.8 Å². The minimum absolute atomic E-state index is 0.209. The minimum atomic E-state index is -0.463. The van der Waals surface area contributed by atoms with Gasteiger partial charge in [-0.05, 0) is 70.2 Å². The van der Waals surface area contributed by atoms with Crippen molar-refractivity contribution in [2.75, 3.05) is 13.1 Å². The largest absolute Gasteiger partial charge is 0.444 e. The van der Waals surface area contributed by atoms with E-state index in [9.17, 15) is 4.79 Å². The van der Waals surface area contributed by atoms with Gasteiger partial charge in [-0.3, -0.25) is 9.08 Å². The third kappa shape index (κ3) is 4.49. The van der Waals surface area contributed by atoms with Crippen LogP contribution in [-0.4, -0.2) is 48.8 Å². The molecule has 4 heterocycles. The predicted molar refractivity (Wildman–Crippen MR) is 132 cm³/mol. The van der Waals surface area contributed by atoms with E-state index in [1.807, 2.05) is 37.4 Å². The Balaban J connectivity index is 1.33. The van der Waals surface area contributed by atoms with Crippen molar-refractivity contribution < 1.29 is 9.53 Å². The highest BCUT2D eigenvalue weighted by Gasteiger charge is 2.27. The van der Waals surface area contributed by atoms with Crippen LogP contribution in [0.3, 0.4) is 0 Å². The van der Waals surface area contributed by atoms with Crippen LogP contribution in [0, 0.1) is 6.92 Å². The number of hydrogen-bond acceptors (Lipinski definition) is 5. The van der Waals surface area contributed by atoms with Crippen LogP contribution in [0.1, 0.15) is 57.2 Å². The van der Waals surface area contributed by atoms with Crippen LogP contribution in [0.5, 0.6) is 0 Å². The maximum Gasteiger partial charge on any atom is 0.410 e. The molecule has 0 aliphatic carbocycles. The molecule has 174 valence electrons. The molecule has 1 fully saturated rings. The summed E-state index contributed by atoms with van der Waals surface area (Å²) in [5, 5.41) is 5.71. The lowest BCUT2D eigenvalue weighted by atomic mass is 9.98. The topological polar surface area (TPSA) is 64.7 Å². The Morgan fingerprint density at radius 2 is 1.97 bits per heavy atom. The summed E-state index contributed by atoms with van der Waals surface area (Å²) >= 11 is 1.72. The number of likely N-dealkylation sites (tertiary alicyclic amines) is 1. The van der Waals surface area contributed by atoms with Gasteiger partial charge in [0.05, 0.1) is 16.1 Å². The van der Waals surface area contributed by atoms with E-state index in [0.717, 1.165) is 47.4 Å². The molecule has 0 unspecified atom stereocenters. The first-order valence-electron chi connectivity index (χ1n) is 11.6. The van der Waals surface area contributed by atoms with Crippen molar-refractivity contribution in [3.05, 3.63) is 42.0 Å². The first-order valence-corrected chi connectivity index (χ1v) is 12.4. The lowest BCUT2D eigenvalue weighted by Crippen LogP contribution is -2.37. The summed E-state index contributed by atoms with van der Waals surface area (Å²) in [6.45, 7) is 9.30. The zero-order chi connectivity index (χ0) is 23.3. The van der Waals surface area contributed by atoms with Gasteiger partial charge >= 0.3 is 6.09 Å². The molecule has 4 aromatic rings. The van der Waals surface area contributed by atoms with E-state index in [4.69, 9.17) is 9.72 Å². The lowest BCUT2D eigenvalue weighted by molar-refractivity contribution is 0.0256. The van der Waals surface area contributed by atoms with Gasteiger partial charge in [-0.2, -0.15) is 5.10 Å². The van der Waals surface area contributed by atoms with Crippen LogP contribution in [0.15, 0.2) is 30.7 Å². The third-order valence-corrected chi connectivity index (χ3v) is 7.22. The van der Waals surface area contributed by atoms with Crippen molar-refractivity contribution in [1.29, 1.82) is 0 Å². The molecule has 0 bridgehead atoms. The Morgan fingerprint density at radius 1 is 1.15 bits per heavy atom. The second-order valence-corrected chi connectivity index (χ2v) is 11.1. The van der Waals surface area contributed by atoms with Gasteiger partial charge < -0.3 is 9.64 Å². The number of rotatable bonds is 2. The van der Waals surface area contributed by atoms with Crippen molar-refractivity contribution in [2.45, 2.75) is 58.5 Å². The smallest absolute Gasteiger partial charge is 0.410 e. The van der Waals surface area contributed by atoms with E-state index in [0.29, 0.717) is 12.5 Å². The highest BCUT2D eigenvalue weighted by molar-refractivity contribution is 7.20. The van der Waals surface area contributed by atoms with Crippen molar-refractivity contribution in [3.8, 4) is 10.4 Å². The summed E-state index contributed by atoms with van der Waals surface area (Å²) in [4.78, 5) is 21.5. The zero-order valence-electron chi connectivity index (χ0n) is 20.0. The van der Waals surface area contributed by atoms with Gasteiger partial charge in [0.1, 0.15) is 5.60 Å². The number of hydrogen-bond donors (Lipinski definition) is 0. The molecule has 7 nitrogen and oxygen atoms in total. The Morgan fingerprint density at radius 3 is 2.73 bits per heavy atom. The van der Waals surface area contributed by atoms with Gasteiger partial charge in [-0.15, -0.1) is 0 Å². The highest BCUT2D eigenvalue weighted by atomic mass is 32.1. The van der Waals surface area contributed by atoms with Crippen molar-refractivity contribution in [3.63, 3.8) is 0 Å². The Bertz CT molecular complexity index is 1290. The second kappa shape index (κ2) is 8.17. The summed E-state index contributed by atoms with van der Waals surface area (Å²) in [7, 11) is 1.96. The maximum absolute atomic E-state index is 12.5. The predicted octanol–water partition coefficient (Wildman–Crippen LogP) is 5.76. The number of ether oxygens (including phenoxy) is 1. The average molecular weight is 466 g/mol. The molecule has 0 saturated carbocycles. The van der Waals surface area contributed by atoms with Crippen LogP contribution < -0.4 is 0 Å². The van der Waals surface area contributed by atoms with Crippen LogP contribution >= 0.6 is 11.3 Å². The summed E-state index contributed by atoms with van der Waals surface area (Å²) in [5.41, 5.74) is 4.10. The number of fused-ring (bicyclic) bond motifs is 2. The molecule has 3 aromatic heterocycles. The molecule has 5 rings (SSSR count). The lowest BCUT2D eigenvalue weighted by Gasteiger charge is -2.26. The van der Waals surface area contributed by atoms with E-state index >= 15 is 0 Å². The number of nitrogens with zero attached hydrogens (tertiary/aromatic N) is 5. The fourth-order valence-corrected chi connectivity index (χ4v) is 5.58. The SMILES string of the molecule is Cc1cc(-c2cn3cc([C@H]4CCCN(C(=O)OC(C)(C)C)CC4)nc3s2)cc2cn(C)nc12. The average Bonchev–Trinajstić information content (AvgIpc) is 3.34. The molecule has 1 saturated heterocycles. The van der Waals surface area contributed by atoms with Gasteiger partial charge in [0, 0.05) is 50.0 Å². The van der Waals surface area contributed by atoms with Crippen LogP contribution in [0.2, 0.25) is 0 Å². The molecule has 1 amide bonds. The maximum atomic E-state index is 12.5. The fourth-order valence-electron chi connectivity index (χ4n) is 4.62. The molecule has 1 atom stereocenters. The molecule has 33 heavy (non-hydrogen) atoms. The number of carbonyl (C=O) groups is 1. The fraction of sp³-hybridized carbons (Fsp3) is 0.480. The molecule has 0 spiro atoms. The third-order valence-electron chi connectivity index (χ3n) is 6.17. The van der Waals surface area contributed by atoms with Crippen LogP contribution in [0.25, 0.3) is 26.3 Å². The Kier molecular flexibility index (Phi) is 5.43. The number of aryl methyl sites for hydroxylation is 2. The van der Waals surface area contributed by atoms with Crippen molar-refractivity contribution in [1.82, 2.24) is 24.1 Å². The number of benzene rings is 1. The van der Waals surface area contributed by atoms with Crippen molar-refractivity contribution >= 4 is 33.3 Å². The molecule has 1 aliphatic rings. The normalized spacial score (nSPS) is 17.6. The first kappa shape index (κ1) is 21.9. The second-order valence-electron chi connectivity index (χ2n) is 10.1. The van der Waals surface area contributed by atoms with Gasteiger partial charge in [0.25, 0.3) is 0 Å². The van der Waals surface area contributed by atoms with E-state index in [-0.39, 0.29) is 6.09 Å². The molecular formula is C25H31N5O2S. The number of carbonyl (C=O) groups excluding carboxylic acids is 1. The summed E-state index contributed by atoms with van der Waals surface area (Å²) in [5.74, 6) is 0.363. The highest BCUT2D eigenvalue weighted by Crippen LogP contribution is 2.34. The monoisotopic (exact) mass is 465 g/mol. The van der Waals surface area contributed by atoms with Gasteiger partial charge in [-0.25, -0.2) is 9.78 Å². The molecule has 0 radical (unpaired) electrons. The van der Waals surface area contributed by atoms with E-state index in [2.05, 4.69) is 47.1 Å². The molecule has 8 heteroatoms. The first-order chi connectivity index (χ1) is 15.7. The number of imidazole rings is 1. The molecular weight excluding hydrogens is 434 g/mol. The van der Waals surface area contributed by atoms with Gasteiger partial charge in [0.2, 0.25) is 0 Å². The van der Waals surface area contributed by atoms with Crippen LogP contribution in [0.4, 0.5) is 4.79 Å². The number of thiazole rings is 1. The molecule has 1 aliphatic heterocycles. The number of amides is 1. The summed E-state index contributed by atoms with van der Waals surface area (Å²) < 4.78 is 9.58. The Labute approximate surface area is 198 Å². The standard InChI is InChI=1S/C25H31N5O2S/c1-16-11-18(12-19-13-28(5)27-22(16)19)21-15-30-14-20(26-23(30)33-21)17-7-6-9-29(10-8-17)24(31)32-25(2,3)4/h11-15,17H,6-10H2,1-5H3/t17-/m0/s1. The van der Waals surface area contributed by atoms with Gasteiger partial charge in [-0.1, -0.05) is 11.3 Å². The zero-order valence-corrected chi connectivity index (χ0v) is 20.8.